The molecule has 0 unspecified atom stereocenters. The van der Waals surface area contributed by atoms with Crippen molar-refractivity contribution in [3.05, 3.63) is 60.6 Å². The summed E-state index contributed by atoms with van der Waals surface area (Å²) >= 11 is 0. The van der Waals surface area contributed by atoms with Crippen molar-refractivity contribution in [3.63, 3.8) is 0 Å². The van der Waals surface area contributed by atoms with E-state index in [0.717, 1.165) is 17.4 Å². The van der Waals surface area contributed by atoms with Gasteiger partial charge in [0, 0.05) is 17.7 Å². The van der Waals surface area contributed by atoms with Gasteiger partial charge in [0.2, 0.25) is 0 Å². The molecule has 1 aromatic carbocycles. The Labute approximate surface area is 109 Å². The fraction of sp³-hybridized carbons (Fsp3) is 0.0769. The molecule has 3 nitrogen and oxygen atoms in total. The first-order valence-electron chi connectivity index (χ1n) is 5.19. The number of aromatic nitrogens is 2. The molecule has 3 aromatic rings. The van der Waals surface area contributed by atoms with Gasteiger partial charge in [-0.25, -0.2) is 4.57 Å². The Morgan fingerprint density at radius 3 is 2.71 bits per heavy atom. The smallest absolute Gasteiger partial charge is 0.174 e. The van der Waals surface area contributed by atoms with Gasteiger partial charge in [-0.2, -0.15) is 0 Å². The zero-order valence-electron chi connectivity index (χ0n) is 9.08. The average molecular weight is 291 g/mol. The number of nitrogens with zero attached hydrogens (tertiary/aromatic N) is 2. The van der Waals surface area contributed by atoms with Gasteiger partial charge in [-0.3, -0.25) is 0 Å². The summed E-state index contributed by atoms with van der Waals surface area (Å²) in [5, 5.41) is 5.02. The van der Waals surface area contributed by atoms with E-state index in [2.05, 4.69) is 15.8 Å². The van der Waals surface area contributed by atoms with Gasteiger partial charge in [0.1, 0.15) is 11.8 Å². The third-order valence-corrected chi connectivity index (χ3v) is 2.63. The first kappa shape index (κ1) is 11.8. The standard InChI is InChI=1S/C13H11N2O.BrH/c1-2-7-15(8-3-1)9-11-5-4-6-13-12(11)10-16-14-13;/h1-8,10H,9H2;1H/q+1;/p-1. The molecule has 2 aromatic heterocycles. The molecule has 0 aliphatic heterocycles. The summed E-state index contributed by atoms with van der Waals surface area (Å²) in [5.41, 5.74) is 2.13. The molecule has 0 aliphatic rings. The maximum Gasteiger partial charge on any atom is 0.174 e. The lowest BCUT2D eigenvalue weighted by Gasteiger charge is -1.97. The second kappa shape index (κ2) is 5.10. The number of hydrogen-bond donors (Lipinski definition) is 0. The zero-order valence-corrected chi connectivity index (χ0v) is 10.7. The van der Waals surface area contributed by atoms with Crippen molar-refractivity contribution >= 4 is 10.9 Å². The molecule has 2 heterocycles. The SMILES string of the molecule is [Br-].c1cc[n+](Cc2cccc3nocc23)cc1. The maximum atomic E-state index is 4.98. The molecule has 0 saturated carbocycles. The van der Waals surface area contributed by atoms with Crippen LogP contribution in [-0.4, -0.2) is 5.16 Å². The minimum absolute atomic E-state index is 0. The van der Waals surface area contributed by atoms with Crippen molar-refractivity contribution in [2.45, 2.75) is 6.54 Å². The second-order valence-corrected chi connectivity index (χ2v) is 3.71. The minimum atomic E-state index is 0. The lowest BCUT2D eigenvalue weighted by Crippen LogP contribution is -3.00. The molecule has 0 fully saturated rings. The van der Waals surface area contributed by atoms with E-state index in [1.165, 1.54) is 5.56 Å². The summed E-state index contributed by atoms with van der Waals surface area (Å²) in [6.45, 7) is 0.833. The van der Waals surface area contributed by atoms with Gasteiger partial charge in [0.15, 0.2) is 18.9 Å². The molecular formula is C13H11BrN2O. The second-order valence-electron chi connectivity index (χ2n) is 3.71. The summed E-state index contributed by atoms with van der Waals surface area (Å²) in [5.74, 6) is 0. The van der Waals surface area contributed by atoms with Crippen LogP contribution in [0.1, 0.15) is 5.56 Å². The number of hydrogen-bond acceptors (Lipinski definition) is 2. The molecule has 0 saturated heterocycles. The van der Waals surface area contributed by atoms with Crippen LogP contribution in [0, 0.1) is 0 Å². The molecular weight excluding hydrogens is 280 g/mol. The van der Waals surface area contributed by atoms with Crippen molar-refractivity contribution in [3.8, 4) is 0 Å². The molecule has 3 rings (SSSR count). The van der Waals surface area contributed by atoms with Crippen LogP contribution in [0.3, 0.4) is 0 Å². The van der Waals surface area contributed by atoms with Gasteiger partial charge >= 0.3 is 0 Å². The summed E-state index contributed by atoms with van der Waals surface area (Å²) in [6.07, 6.45) is 5.80. The van der Waals surface area contributed by atoms with Crippen LogP contribution in [0.5, 0.6) is 0 Å². The fourth-order valence-electron chi connectivity index (χ4n) is 1.83. The average Bonchev–Trinajstić information content (AvgIpc) is 2.80. The van der Waals surface area contributed by atoms with E-state index < -0.39 is 0 Å². The number of rotatable bonds is 2. The van der Waals surface area contributed by atoms with Crippen molar-refractivity contribution in [2.24, 2.45) is 0 Å². The molecule has 0 amide bonds. The van der Waals surface area contributed by atoms with E-state index >= 15 is 0 Å². The Bertz CT molecular complexity index is 607. The highest BCUT2D eigenvalue weighted by molar-refractivity contribution is 5.80. The Hall–Kier alpha value is -1.68. The monoisotopic (exact) mass is 290 g/mol. The molecule has 0 bridgehead atoms. The topological polar surface area (TPSA) is 29.9 Å². The largest absolute Gasteiger partial charge is 1.00 e. The van der Waals surface area contributed by atoms with Crippen LogP contribution >= 0.6 is 0 Å². The molecule has 0 atom stereocenters. The van der Waals surface area contributed by atoms with Crippen LogP contribution in [-0.2, 0) is 6.54 Å². The van der Waals surface area contributed by atoms with Crippen molar-refractivity contribution in [1.29, 1.82) is 0 Å². The quantitative estimate of drug-likeness (QED) is 0.577. The maximum absolute atomic E-state index is 4.98. The van der Waals surface area contributed by atoms with E-state index in [9.17, 15) is 0 Å². The van der Waals surface area contributed by atoms with Crippen LogP contribution in [0.15, 0.2) is 59.6 Å². The van der Waals surface area contributed by atoms with E-state index in [0.29, 0.717) is 0 Å². The third-order valence-electron chi connectivity index (χ3n) is 2.63. The number of halogens is 1. The van der Waals surface area contributed by atoms with Gasteiger partial charge in [-0.1, -0.05) is 23.4 Å². The minimum Gasteiger partial charge on any atom is -1.00 e. The van der Waals surface area contributed by atoms with Crippen LogP contribution in [0.2, 0.25) is 0 Å². The lowest BCUT2D eigenvalue weighted by molar-refractivity contribution is -0.688. The van der Waals surface area contributed by atoms with Gasteiger partial charge in [0.25, 0.3) is 0 Å². The predicted octanol–water partition coefficient (Wildman–Crippen LogP) is -0.832. The summed E-state index contributed by atoms with van der Waals surface area (Å²) < 4.78 is 7.11. The van der Waals surface area contributed by atoms with Crippen LogP contribution < -0.4 is 21.5 Å². The highest BCUT2D eigenvalue weighted by Crippen LogP contribution is 2.16. The molecule has 0 N–H and O–H groups in total. The molecule has 0 spiro atoms. The summed E-state index contributed by atoms with van der Waals surface area (Å²) in [6, 6.07) is 12.1. The van der Waals surface area contributed by atoms with Gasteiger partial charge in [-0.05, 0) is 6.07 Å². The number of fused-ring (bicyclic) bond motifs is 1. The first-order valence-corrected chi connectivity index (χ1v) is 5.19. The predicted molar refractivity (Wildman–Crippen MR) is 59.7 cm³/mol. The molecule has 17 heavy (non-hydrogen) atoms. The molecule has 0 radical (unpaired) electrons. The Kier molecular flexibility index (Phi) is 3.54. The summed E-state index contributed by atoms with van der Waals surface area (Å²) in [7, 11) is 0. The Morgan fingerprint density at radius 2 is 1.88 bits per heavy atom. The van der Waals surface area contributed by atoms with Gasteiger partial charge < -0.3 is 21.5 Å². The highest BCUT2D eigenvalue weighted by atomic mass is 79.9. The van der Waals surface area contributed by atoms with Crippen molar-refractivity contribution in [2.75, 3.05) is 0 Å². The van der Waals surface area contributed by atoms with Crippen LogP contribution in [0.4, 0.5) is 0 Å². The Morgan fingerprint density at radius 1 is 1.06 bits per heavy atom. The zero-order chi connectivity index (χ0) is 10.8. The number of benzene rings is 1. The van der Waals surface area contributed by atoms with E-state index in [1.807, 2.05) is 42.7 Å². The fourth-order valence-corrected chi connectivity index (χ4v) is 1.83. The summed E-state index contributed by atoms with van der Waals surface area (Å²) in [4.78, 5) is 0. The lowest BCUT2D eigenvalue weighted by atomic mass is 10.1. The first-order chi connectivity index (χ1) is 7.93. The molecule has 4 heteroatoms. The third kappa shape index (κ3) is 2.36. The van der Waals surface area contributed by atoms with E-state index in [1.54, 1.807) is 6.26 Å². The van der Waals surface area contributed by atoms with Crippen LogP contribution in [0.25, 0.3) is 10.9 Å². The highest BCUT2D eigenvalue weighted by Gasteiger charge is 2.08. The molecule has 0 aliphatic carbocycles. The van der Waals surface area contributed by atoms with Crippen molar-refractivity contribution in [1.82, 2.24) is 5.16 Å². The van der Waals surface area contributed by atoms with E-state index in [4.69, 9.17) is 4.52 Å². The number of pyridine rings is 1. The Balaban J connectivity index is 0.00000108. The molecule has 86 valence electrons. The van der Waals surface area contributed by atoms with Gasteiger partial charge in [-0.15, -0.1) is 0 Å². The van der Waals surface area contributed by atoms with Crippen molar-refractivity contribution < 1.29 is 26.1 Å². The normalized spacial score (nSPS) is 10.1. The van der Waals surface area contributed by atoms with E-state index in [-0.39, 0.29) is 17.0 Å². The van der Waals surface area contributed by atoms with Gasteiger partial charge in [0.05, 0.1) is 5.39 Å².